The Morgan fingerprint density at radius 3 is 2.18 bits per heavy atom. The molecule has 1 aromatic carbocycles. The van der Waals surface area contributed by atoms with Crippen LogP contribution in [-0.4, -0.2) is 25.4 Å². The molecule has 0 N–H and O–H groups in total. The van der Waals surface area contributed by atoms with Crippen LogP contribution in [0.1, 0.15) is 18.4 Å². The van der Waals surface area contributed by atoms with E-state index in [1.807, 2.05) is 0 Å². The van der Waals surface area contributed by atoms with Crippen LogP contribution in [0.2, 0.25) is 5.02 Å². The molecule has 0 amide bonds. The van der Waals surface area contributed by atoms with Gasteiger partial charge >= 0.3 is 15.6 Å². The van der Waals surface area contributed by atoms with Crippen molar-refractivity contribution in [1.82, 2.24) is 0 Å². The third-order valence-corrected chi connectivity index (χ3v) is 8.33. The van der Waals surface area contributed by atoms with E-state index >= 15 is 0 Å². The molecule has 1 heterocycles. The molecule has 9 heteroatoms. The minimum Gasteiger partial charge on any atom is -0.209 e. The molecule has 1 aliphatic rings. The average Bonchev–Trinajstić information content (AvgIpc) is 2.85. The standard InChI is InChI=1S/C13H14ClF3O3S2/c14-12-5-3-11(4-6-12)7-10-21(8-1-2-9-21)20-22(18,19)13(15,16)17/h3-7,10H,1-2,8-9H2/b10-7+. The van der Waals surface area contributed by atoms with Crippen LogP contribution in [-0.2, 0) is 13.7 Å². The van der Waals surface area contributed by atoms with Gasteiger partial charge in [-0.05, 0) is 42.0 Å². The molecular formula is C13H14ClF3O3S2. The first-order chi connectivity index (χ1) is 10.1. The van der Waals surface area contributed by atoms with E-state index in [4.69, 9.17) is 11.6 Å². The Morgan fingerprint density at radius 2 is 1.68 bits per heavy atom. The molecule has 1 aliphatic heterocycles. The largest absolute Gasteiger partial charge is 0.523 e. The summed E-state index contributed by atoms with van der Waals surface area (Å²) in [6.07, 6.45) is 2.88. The monoisotopic (exact) mass is 374 g/mol. The van der Waals surface area contributed by atoms with Crippen molar-refractivity contribution < 1.29 is 25.2 Å². The van der Waals surface area contributed by atoms with Crippen molar-refractivity contribution in [3.05, 3.63) is 40.3 Å². The lowest BCUT2D eigenvalue weighted by Crippen LogP contribution is -2.27. The molecule has 0 spiro atoms. The van der Waals surface area contributed by atoms with Gasteiger partial charge in [0.2, 0.25) is 0 Å². The molecule has 2 rings (SSSR count). The Balaban J connectivity index is 2.24. The first-order valence-electron chi connectivity index (χ1n) is 6.38. The molecule has 0 aromatic heterocycles. The van der Waals surface area contributed by atoms with Crippen molar-refractivity contribution in [3.8, 4) is 0 Å². The van der Waals surface area contributed by atoms with Crippen molar-refractivity contribution in [1.29, 1.82) is 0 Å². The fraction of sp³-hybridized carbons (Fsp3) is 0.385. The zero-order valence-electron chi connectivity index (χ0n) is 11.3. The normalized spacial score (nSPS) is 20.4. The number of benzene rings is 1. The molecule has 1 aromatic rings. The summed E-state index contributed by atoms with van der Waals surface area (Å²) >= 11 is 5.76. The lowest BCUT2D eigenvalue weighted by atomic mass is 10.2. The van der Waals surface area contributed by atoms with Crippen LogP contribution < -0.4 is 0 Å². The molecular weight excluding hydrogens is 361 g/mol. The predicted octanol–water partition coefficient (Wildman–Crippen LogP) is 4.69. The van der Waals surface area contributed by atoms with E-state index in [0.29, 0.717) is 29.4 Å². The fourth-order valence-corrected chi connectivity index (χ4v) is 6.87. The molecule has 0 atom stereocenters. The summed E-state index contributed by atoms with van der Waals surface area (Å²) in [5, 5.41) is 2.02. The number of rotatable bonds is 4. The van der Waals surface area contributed by atoms with Gasteiger partial charge in [0.25, 0.3) is 0 Å². The number of alkyl halides is 3. The Morgan fingerprint density at radius 1 is 1.14 bits per heavy atom. The Kier molecular flexibility index (Phi) is 5.16. The maximum Gasteiger partial charge on any atom is 0.523 e. The zero-order valence-corrected chi connectivity index (χ0v) is 13.7. The van der Waals surface area contributed by atoms with Crippen molar-refractivity contribution in [2.24, 2.45) is 0 Å². The summed E-state index contributed by atoms with van der Waals surface area (Å²) < 4.78 is 64.8. The first-order valence-corrected chi connectivity index (χ1v) is 10.1. The van der Waals surface area contributed by atoms with E-state index < -0.39 is 25.9 Å². The summed E-state index contributed by atoms with van der Waals surface area (Å²) in [5.74, 6) is 0.624. The first kappa shape index (κ1) is 17.7. The Labute approximate surface area is 133 Å². The third-order valence-electron chi connectivity index (χ3n) is 3.12. The Hall–Kier alpha value is -0.700. The summed E-state index contributed by atoms with van der Waals surface area (Å²) in [6.45, 7) is 0. The molecule has 0 radical (unpaired) electrons. The molecule has 124 valence electrons. The van der Waals surface area contributed by atoms with Crippen LogP contribution in [0.3, 0.4) is 0 Å². The van der Waals surface area contributed by atoms with E-state index in [1.165, 1.54) is 5.41 Å². The van der Waals surface area contributed by atoms with Crippen molar-refractivity contribution in [3.63, 3.8) is 0 Å². The van der Waals surface area contributed by atoms with Gasteiger partial charge in [0.1, 0.15) is 0 Å². The van der Waals surface area contributed by atoms with E-state index in [1.54, 1.807) is 30.3 Å². The van der Waals surface area contributed by atoms with Gasteiger partial charge < -0.3 is 0 Å². The number of hydrogen-bond donors (Lipinski definition) is 0. The van der Waals surface area contributed by atoms with Gasteiger partial charge in [-0.3, -0.25) is 0 Å². The quantitative estimate of drug-likeness (QED) is 0.718. The maximum absolute atomic E-state index is 12.5. The Bertz CT molecular complexity index is 648. The van der Waals surface area contributed by atoms with Crippen molar-refractivity contribution in [2.45, 2.75) is 18.3 Å². The molecule has 1 saturated heterocycles. The number of hydrogen-bond acceptors (Lipinski definition) is 3. The summed E-state index contributed by atoms with van der Waals surface area (Å²) in [6, 6.07) is 6.68. The van der Waals surface area contributed by atoms with Gasteiger partial charge in [-0.15, -0.1) is 0 Å². The van der Waals surface area contributed by atoms with E-state index in [0.717, 1.165) is 5.56 Å². The van der Waals surface area contributed by atoms with Crippen molar-refractivity contribution >= 4 is 38.1 Å². The minimum atomic E-state index is -5.59. The topological polar surface area (TPSA) is 43.4 Å². The second-order valence-electron chi connectivity index (χ2n) is 4.81. The van der Waals surface area contributed by atoms with Gasteiger partial charge in [0.05, 0.1) is 0 Å². The van der Waals surface area contributed by atoms with Crippen LogP contribution in [0.4, 0.5) is 13.2 Å². The second kappa shape index (κ2) is 6.43. The van der Waals surface area contributed by atoms with Gasteiger partial charge in [-0.25, -0.2) is 3.63 Å². The molecule has 0 saturated carbocycles. The van der Waals surface area contributed by atoms with E-state index in [2.05, 4.69) is 3.63 Å². The summed E-state index contributed by atoms with van der Waals surface area (Å²) in [7, 11) is -8.02. The highest BCUT2D eigenvalue weighted by Crippen LogP contribution is 2.59. The molecule has 0 unspecified atom stereocenters. The van der Waals surface area contributed by atoms with Gasteiger partial charge in [0, 0.05) is 16.5 Å². The van der Waals surface area contributed by atoms with Gasteiger partial charge in [-0.2, -0.15) is 21.6 Å². The summed E-state index contributed by atoms with van der Waals surface area (Å²) in [4.78, 5) is 0. The highest BCUT2D eigenvalue weighted by atomic mass is 35.5. The van der Waals surface area contributed by atoms with Gasteiger partial charge in [-0.1, -0.05) is 34.0 Å². The summed E-state index contributed by atoms with van der Waals surface area (Å²) in [5.41, 5.74) is -4.68. The van der Waals surface area contributed by atoms with Crippen LogP contribution in [0.15, 0.2) is 29.7 Å². The van der Waals surface area contributed by atoms with Crippen LogP contribution in [0, 0.1) is 0 Å². The predicted molar refractivity (Wildman–Crippen MR) is 83.1 cm³/mol. The van der Waals surface area contributed by atoms with Crippen LogP contribution in [0.5, 0.6) is 0 Å². The minimum absolute atomic E-state index is 0.312. The number of halogens is 4. The van der Waals surface area contributed by atoms with Gasteiger partial charge in [0.15, 0.2) is 0 Å². The van der Waals surface area contributed by atoms with Crippen LogP contribution in [0.25, 0.3) is 6.08 Å². The highest BCUT2D eigenvalue weighted by molar-refractivity contribution is 8.35. The SMILES string of the molecule is O=S(=O)(OS1(/C=C/c2ccc(Cl)cc2)CCCC1)C(F)(F)F. The van der Waals surface area contributed by atoms with Crippen LogP contribution >= 0.6 is 21.9 Å². The lowest BCUT2D eigenvalue weighted by Gasteiger charge is -2.30. The lowest BCUT2D eigenvalue weighted by molar-refractivity contribution is -0.0495. The zero-order chi connectivity index (χ0) is 16.4. The molecule has 0 aliphatic carbocycles. The fourth-order valence-electron chi connectivity index (χ4n) is 2.02. The van der Waals surface area contributed by atoms with E-state index in [9.17, 15) is 21.6 Å². The molecule has 3 nitrogen and oxygen atoms in total. The second-order valence-corrected chi connectivity index (χ2v) is 9.99. The third kappa shape index (κ3) is 4.18. The molecule has 0 bridgehead atoms. The smallest absolute Gasteiger partial charge is 0.209 e. The maximum atomic E-state index is 12.5. The highest BCUT2D eigenvalue weighted by Gasteiger charge is 2.51. The average molecular weight is 375 g/mol. The van der Waals surface area contributed by atoms with E-state index in [-0.39, 0.29) is 0 Å². The molecule has 1 fully saturated rings. The van der Waals surface area contributed by atoms with Crippen molar-refractivity contribution in [2.75, 3.05) is 11.5 Å². The molecule has 22 heavy (non-hydrogen) atoms.